The predicted octanol–water partition coefficient (Wildman–Crippen LogP) is 2.36. The Balaban J connectivity index is 2.08. The average Bonchev–Trinajstić information content (AvgIpc) is 2.67. The molecule has 2 nitrogen and oxygen atoms in total. The molecule has 0 bridgehead atoms. The van der Waals surface area contributed by atoms with Gasteiger partial charge in [-0.1, -0.05) is 6.92 Å². The molecule has 0 spiro atoms. The first-order valence-electron chi connectivity index (χ1n) is 5.59. The van der Waals surface area contributed by atoms with Gasteiger partial charge in [0.15, 0.2) is 5.67 Å². The molecule has 2 atom stereocenters. The molecule has 2 unspecified atom stereocenters. The molecule has 2 aliphatic rings. The summed E-state index contributed by atoms with van der Waals surface area (Å²) in [5.74, 6) is 0.101. The van der Waals surface area contributed by atoms with Gasteiger partial charge >= 0.3 is 0 Å². The van der Waals surface area contributed by atoms with E-state index in [2.05, 4.69) is 4.98 Å². The van der Waals surface area contributed by atoms with Gasteiger partial charge in [0.05, 0.1) is 5.69 Å². The van der Waals surface area contributed by atoms with E-state index < -0.39 is 5.67 Å². The number of nitrogens with zero attached hydrogens (tertiary/aromatic N) is 1. The number of alkyl halides is 1. The lowest BCUT2D eigenvalue weighted by Gasteiger charge is -2.10. The molecule has 3 rings (SSSR count). The average molecular weight is 206 g/mol. The minimum Gasteiger partial charge on any atom is -0.398 e. The number of pyridine rings is 1. The minimum absolute atomic E-state index is 0.101. The molecule has 0 aromatic carbocycles. The fraction of sp³-hybridized carbons (Fsp3) is 0.583. The lowest BCUT2D eigenvalue weighted by molar-refractivity contribution is 0.284. The lowest BCUT2D eigenvalue weighted by atomic mass is 10.1. The first kappa shape index (κ1) is 9.13. The van der Waals surface area contributed by atoms with Gasteiger partial charge in [0.25, 0.3) is 0 Å². The molecule has 1 aromatic heterocycles. The summed E-state index contributed by atoms with van der Waals surface area (Å²) in [5.41, 5.74) is 8.23. The molecular weight excluding hydrogens is 191 g/mol. The largest absolute Gasteiger partial charge is 0.398 e. The summed E-state index contributed by atoms with van der Waals surface area (Å²) >= 11 is 0. The standard InChI is InChI=1S/C12H15FN2/c1-7-6-12(7,13)11-5-9(14)8-3-2-4-10(8)15-11/h5,7H,2-4,6H2,1H3,(H2,14,15). The minimum atomic E-state index is -1.19. The van der Waals surface area contributed by atoms with Gasteiger partial charge in [-0.15, -0.1) is 0 Å². The van der Waals surface area contributed by atoms with Gasteiger partial charge in [-0.05, 0) is 43.2 Å². The van der Waals surface area contributed by atoms with Crippen molar-refractivity contribution in [3.8, 4) is 0 Å². The Kier molecular flexibility index (Phi) is 1.65. The number of rotatable bonds is 1. The van der Waals surface area contributed by atoms with E-state index in [-0.39, 0.29) is 5.92 Å². The molecule has 2 aliphatic carbocycles. The summed E-state index contributed by atoms with van der Waals surface area (Å²) in [6, 6.07) is 1.74. The summed E-state index contributed by atoms with van der Waals surface area (Å²) in [6.45, 7) is 1.92. The maximum absolute atomic E-state index is 14.2. The zero-order chi connectivity index (χ0) is 10.6. The van der Waals surface area contributed by atoms with Gasteiger partial charge in [-0.2, -0.15) is 0 Å². The van der Waals surface area contributed by atoms with Gasteiger partial charge in [0.2, 0.25) is 0 Å². The van der Waals surface area contributed by atoms with E-state index in [4.69, 9.17) is 5.73 Å². The number of nitrogen functional groups attached to an aromatic ring is 1. The first-order chi connectivity index (χ1) is 7.11. The van der Waals surface area contributed by atoms with Crippen LogP contribution in [-0.2, 0) is 18.5 Å². The quantitative estimate of drug-likeness (QED) is 0.766. The van der Waals surface area contributed by atoms with Crippen LogP contribution in [0.15, 0.2) is 6.07 Å². The van der Waals surface area contributed by atoms with Crippen LogP contribution in [0.4, 0.5) is 10.1 Å². The van der Waals surface area contributed by atoms with Crippen molar-refractivity contribution in [2.45, 2.75) is 38.3 Å². The van der Waals surface area contributed by atoms with Crippen molar-refractivity contribution in [3.63, 3.8) is 0 Å². The van der Waals surface area contributed by atoms with E-state index in [0.717, 1.165) is 36.2 Å². The Labute approximate surface area is 88.7 Å². The number of aromatic nitrogens is 1. The van der Waals surface area contributed by atoms with Crippen LogP contribution in [0, 0.1) is 5.92 Å². The van der Waals surface area contributed by atoms with Crippen LogP contribution in [0.2, 0.25) is 0 Å². The predicted molar refractivity (Wildman–Crippen MR) is 57.2 cm³/mol. The van der Waals surface area contributed by atoms with E-state index in [0.29, 0.717) is 12.1 Å². The summed E-state index contributed by atoms with van der Waals surface area (Å²) in [5, 5.41) is 0. The van der Waals surface area contributed by atoms with Crippen molar-refractivity contribution in [2.24, 2.45) is 5.92 Å². The number of aryl methyl sites for hydroxylation is 1. The second-order valence-corrected chi connectivity index (χ2v) is 4.84. The normalized spacial score (nSPS) is 32.8. The van der Waals surface area contributed by atoms with Crippen LogP contribution < -0.4 is 5.73 Å². The molecule has 2 N–H and O–H groups in total. The number of fused-ring (bicyclic) bond motifs is 1. The highest BCUT2D eigenvalue weighted by Gasteiger charge is 2.55. The van der Waals surface area contributed by atoms with Crippen LogP contribution in [0.5, 0.6) is 0 Å². The number of hydrogen-bond acceptors (Lipinski definition) is 2. The number of hydrogen-bond donors (Lipinski definition) is 1. The summed E-state index contributed by atoms with van der Waals surface area (Å²) in [6.07, 6.45) is 3.66. The number of halogens is 1. The Morgan fingerprint density at radius 3 is 2.93 bits per heavy atom. The molecular formula is C12H15FN2. The molecule has 1 saturated carbocycles. The molecule has 0 radical (unpaired) electrons. The lowest BCUT2D eigenvalue weighted by Crippen LogP contribution is -2.08. The second kappa shape index (κ2) is 2.71. The SMILES string of the molecule is CC1CC1(F)c1cc(N)c2c(n1)CCC2. The van der Waals surface area contributed by atoms with Crippen LogP contribution in [-0.4, -0.2) is 4.98 Å². The molecule has 15 heavy (non-hydrogen) atoms. The molecule has 1 aromatic rings. The third-order valence-electron chi connectivity index (χ3n) is 3.73. The smallest absolute Gasteiger partial charge is 0.155 e. The molecule has 1 fully saturated rings. The van der Waals surface area contributed by atoms with Gasteiger partial charge < -0.3 is 5.73 Å². The van der Waals surface area contributed by atoms with E-state index in [9.17, 15) is 4.39 Å². The van der Waals surface area contributed by atoms with E-state index in [1.807, 2.05) is 6.92 Å². The summed E-state index contributed by atoms with van der Waals surface area (Å²) in [7, 11) is 0. The Hall–Kier alpha value is -1.12. The number of anilines is 1. The molecule has 1 heterocycles. The highest BCUT2D eigenvalue weighted by Crippen LogP contribution is 2.55. The third kappa shape index (κ3) is 1.18. The first-order valence-corrected chi connectivity index (χ1v) is 5.59. The fourth-order valence-electron chi connectivity index (χ4n) is 2.53. The fourth-order valence-corrected chi connectivity index (χ4v) is 2.53. The third-order valence-corrected chi connectivity index (χ3v) is 3.73. The summed E-state index contributed by atoms with van der Waals surface area (Å²) < 4.78 is 14.2. The van der Waals surface area contributed by atoms with Crippen LogP contribution in [0.1, 0.15) is 36.7 Å². The van der Waals surface area contributed by atoms with Crippen molar-refractivity contribution < 1.29 is 4.39 Å². The van der Waals surface area contributed by atoms with Crippen LogP contribution in [0.3, 0.4) is 0 Å². The second-order valence-electron chi connectivity index (χ2n) is 4.84. The van der Waals surface area contributed by atoms with Crippen molar-refractivity contribution >= 4 is 5.69 Å². The monoisotopic (exact) mass is 206 g/mol. The zero-order valence-electron chi connectivity index (χ0n) is 8.89. The van der Waals surface area contributed by atoms with Crippen LogP contribution in [0.25, 0.3) is 0 Å². The van der Waals surface area contributed by atoms with Gasteiger partial charge in [0.1, 0.15) is 0 Å². The van der Waals surface area contributed by atoms with Crippen LogP contribution >= 0.6 is 0 Å². The maximum Gasteiger partial charge on any atom is 0.155 e. The van der Waals surface area contributed by atoms with Crippen molar-refractivity contribution in [3.05, 3.63) is 23.0 Å². The van der Waals surface area contributed by atoms with E-state index >= 15 is 0 Å². The van der Waals surface area contributed by atoms with Crippen molar-refractivity contribution in [1.82, 2.24) is 4.98 Å². The maximum atomic E-state index is 14.2. The highest BCUT2D eigenvalue weighted by molar-refractivity contribution is 5.53. The Morgan fingerprint density at radius 2 is 2.27 bits per heavy atom. The number of nitrogens with two attached hydrogens (primary N) is 1. The summed E-state index contributed by atoms with van der Waals surface area (Å²) in [4.78, 5) is 4.44. The van der Waals surface area contributed by atoms with Crippen molar-refractivity contribution in [2.75, 3.05) is 5.73 Å². The molecule has 0 amide bonds. The van der Waals surface area contributed by atoms with Gasteiger partial charge in [-0.3, -0.25) is 4.98 Å². The molecule has 80 valence electrons. The molecule has 0 saturated heterocycles. The Bertz CT molecular complexity index is 430. The van der Waals surface area contributed by atoms with E-state index in [1.165, 1.54) is 0 Å². The Morgan fingerprint density at radius 1 is 1.53 bits per heavy atom. The van der Waals surface area contributed by atoms with Crippen molar-refractivity contribution in [1.29, 1.82) is 0 Å². The zero-order valence-corrected chi connectivity index (χ0v) is 8.89. The topological polar surface area (TPSA) is 38.9 Å². The van der Waals surface area contributed by atoms with E-state index in [1.54, 1.807) is 6.07 Å². The molecule has 0 aliphatic heterocycles. The highest BCUT2D eigenvalue weighted by atomic mass is 19.1. The van der Waals surface area contributed by atoms with Gasteiger partial charge in [0, 0.05) is 11.4 Å². The van der Waals surface area contributed by atoms with Gasteiger partial charge in [-0.25, -0.2) is 4.39 Å². The molecule has 3 heteroatoms.